The van der Waals surface area contributed by atoms with Gasteiger partial charge >= 0.3 is 0 Å². The van der Waals surface area contributed by atoms with Gasteiger partial charge in [-0.1, -0.05) is 0 Å². The van der Waals surface area contributed by atoms with Crippen molar-refractivity contribution in [1.29, 1.82) is 0 Å². The molecule has 2 aromatic rings. The Morgan fingerprint density at radius 3 is 2.50 bits per heavy atom. The molecule has 0 fully saturated rings. The van der Waals surface area contributed by atoms with Crippen LogP contribution in [0.1, 0.15) is 0 Å². The van der Waals surface area contributed by atoms with E-state index in [0.29, 0.717) is 0 Å². The van der Waals surface area contributed by atoms with E-state index >= 15 is 0 Å². The molecule has 0 radical (unpaired) electrons. The topological polar surface area (TPSA) is 74.0 Å². The maximum atomic E-state index is 10.5. The van der Waals surface area contributed by atoms with Gasteiger partial charge in [0.15, 0.2) is 22.5 Å². The van der Waals surface area contributed by atoms with Crippen molar-refractivity contribution in [1.82, 2.24) is 4.37 Å². The van der Waals surface area contributed by atoms with Crippen LogP contribution in [0.5, 0.6) is 0 Å². The van der Waals surface area contributed by atoms with Crippen LogP contribution >= 0.6 is 11.5 Å². The first-order valence-corrected chi connectivity index (χ1v) is 6.73. The van der Waals surface area contributed by atoms with E-state index in [1.165, 1.54) is 16.1 Å². The highest BCUT2D eigenvalue weighted by Gasteiger charge is 2.06. The van der Waals surface area contributed by atoms with E-state index in [9.17, 15) is 13.0 Å². The zero-order valence-electron chi connectivity index (χ0n) is 8.11. The van der Waals surface area contributed by atoms with Crippen LogP contribution in [0.4, 0.5) is 0 Å². The summed E-state index contributed by atoms with van der Waals surface area (Å²) in [6.45, 7) is 0. The molecule has 2 rings (SSSR count). The Morgan fingerprint density at radius 2 is 2.00 bits per heavy atom. The average Bonchev–Trinajstić information content (AvgIpc) is 2.69. The summed E-state index contributed by atoms with van der Waals surface area (Å²) in [5.41, 5.74) is 0.946. The smallest absolute Gasteiger partial charge is 0.236 e. The highest BCUT2D eigenvalue weighted by atomic mass is 32.2. The summed E-state index contributed by atoms with van der Waals surface area (Å²) in [5, 5.41) is 0. The summed E-state index contributed by atoms with van der Waals surface area (Å²) in [5.74, 6) is -0.546. The molecule has 0 aliphatic heterocycles. The molecule has 2 heterocycles. The van der Waals surface area contributed by atoms with Gasteiger partial charge in [0.1, 0.15) is 0 Å². The average molecular weight is 256 g/mol. The quantitative estimate of drug-likeness (QED) is 0.595. The number of rotatable bonds is 3. The van der Waals surface area contributed by atoms with E-state index in [0.717, 1.165) is 10.4 Å². The predicted molar refractivity (Wildman–Crippen MR) is 57.4 cm³/mol. The molecule has 0 amide bonds. The molecule has 0 aromatic carbocycles. The molecule has 0 N–H and O–H groups in total. The molecule has 84 valence electrons. The minimum absolute atomic E-state index is 0.546. The standard InChI is InChI=1S/C9H8N2O3S2/c12-16(13,14)7-11-5-2-8(3-6-11)9-1-4-10-15-9/h1-6H,7H2. The lowest BCUT2D eigenvalue weighted by atomic mass is 10.2. The van der Waals surface area contributed by atoms with Gasteiger partial charge in [0.25, 0.3) is 0 Å². The fourth-order valence-corrected chi connectivity index (χ4v) is 2.39. The van der Waals surface area contributed by atoms with E-state index in [1.807, 2.05) is 6.07 Å². The Hall–Kier alpha value is -1.31. The number of hydrogen-bond acceptors (Lipinski definition) is 5. The van der Waals surface area contributed by atoms with E-state index in [4.69, 9.17) is 0 Å². The number of aromatic nitrogens is 2. The van der Waals surface area contributed by atoms with Gasteiger partial charge in [-0.15, -0.1) is 0 Å². The van der Waals surface area contributed by atoms with Crippen molar-refractivity contribution in [3.8, 4) is 10.4 Å². The highest BCUT2D eigenvalue weighted by Crippen LogP contribution is 2.20. The SMILES string of the molecule is O=S(=O)([O-])C[n+]1ccc(-c2ccns2)cc1. The molecule has 0 saturated heterocycles. The fourth-order valence-electron chi connectivity index (χ4n) is 1.25. The maximum Gasteiger partial charge on any atom is 0.236 e. The van der Waals surface area contributed by atoms with Gasteiger partial charge in [-0.2, -0.15) is 4.57 Å². The first-order chi connectivity index (χ1) is 7.54. The molecule has 7 heteroatoms. The van der Waals surface area contributed by atoms with Gasteiger partial charge in [0.2, 0.25) is 5.88 Å². The first kappa shape index (κ1) is 11.2. The lowest BCUT2D eigenvalue weighted by Crippen LogP contribution is -2.36. The molecule has 0 aliphatic carbocycles. The lowest BCUT2D eigenvalue weighted by Gasteiger charge is -2.02. The van der Waals surface area contributed by atoms with E-state index < -0.39 is 16.0 Å². The van der Waals surface area contributed by atoms with Crippen molar-refractivity contribution in [2.75, 3.05) is 0 Å². The van der Waals surface area contributed by atoms with Crippen molar-refractivity contribution in [3.05, 3.63) is 36.8 Å². The van der Waals surface area contributed by atoms with Crippen molar-refractivity contribution >= 4 is 21.7 Å². The Labute approximate surface area is 96.9 Å². The zero-order valence-corrected chi connectivity index (χ0v) is 9.74. The highest BCUT2D eigenvalue weighted by molar-refractivity contribution is 7.84. The number of nitrogens with zero attached hydrogens (tertiary/aromatic N) is 2. The molecule has 0 unspecified atom stereocenters. The summed E-state index contributed by atoms with van der Waals surface area (Å²) >= 11 is 1.36. The monoisotopic (exact) mass is 256 g/mol. The van der Waals surface area contributed by atoms with Crippen LogP contribution < -0.4 is 4.57 Å². The Kier molecular flexibility index (Phi) is 2.99. The molecule has 2 aromatic heterocycles. The number of hydrogen-bond donors (Lipinski definition) is 0. The van der Waals surface area contributed by atoms with E-state index in [1.54, 1.807) is 30.7 Å². The van der Waals surface area contributed by atoms with Gasteiger partial charge in [-0.25, -0.2) is 12.8 Å². The van der Waals surface area contributed by atoms with Gasteiger partial charge in [-0.3, -0.25) is 0 Å². The molecule has 16 heavy (non-hydrogen) atoms. The normalized spacial score (nSPS) is 11.6. The number of pyridine rings is 1. The van der Waals surface area contributed by atoms with Crippen molar-refractivity contribution < 1.29 is 17.5 Å². The predicted octanol–water partition coefficient (Wildman–Crippen LogP) is 0.600. The fraction of sp³-hybridized carbons (Fsp3) is 0.111. The Balaban J connectivity index is 2.24. The Bertz CT molecular complexity index is 561. The molecule has 0 bridgehead atoms. The van der Waals surface area contributed by atoms with E-state index in [-0.39, 0.29) is 0 Å². The van der Waals surface area contributed by atoms with E-state index in [2.05, 4.69) is 4.37 Å². The van der Waals surface area contributed by atoms with Gasteiger partial charge < -0.3 is 4.55 Å². The first-order valence-electron chi connectivity index (χ1n) is 4.38. The molecule has 0 atom stereocenters. The summed E-state index contributed by atoms with van der Waals surface area (Å²) in [4.78, 5) is 0.997. The second kappa shape index (κ2) is 4.28. The van der Waals surface area contributed by atoms with Crippen molar-refractivity contribution in [2.24, 2.45) is 0 Å². The summed E-state index contributed by atoms with van der Waals surface area (Å²) in [6.07, 6.45) is 4.82. The molecule has 5 nitrogen and oxygen atoms in total. The second-order valence-electron chi connectivity index (χ2n) is 3.16. The van der Waals surface area contributed by atoms with Gasteiger partial charge in [0.05, 0.1) is 4.88 Å². The minimum atomic E-state index is -4.24. The molecule has 0 saturated carbocycles. The third-order valence-corrected chi connectivity index (χ3v) is 3.33. The van der Waals surface area contributed by atoms with Crippen LogP contribution in [-0.4, -0.2) is 17.3 Å². The van der Waals surface area contributed by atoms with Crippen molar-refractivity contribution in [3.63, 3.8) is 0 Å². The molecular formula is C9H8N2O3S2. The van der Waals surface area contributed by atoms with Crippen LogP contribution in [0.3, 0.4) is 0 Å². The summed E-state index contributed by atoms with van der Waals surface area (Å²) in [7, 11) is -4.24. The molecule has 0 spiro atoms. The second-order valence-corrected chi connectivity index (χ2v) is 5.37. The third-order valence-electron chi connectivity index (χ3n) is 1.92. The van der Waals surface area contributed by atoms with Crippen LogP contribution in [-0.2, 0) is 16.0 Å². The Morgan fingerprint density at radius 1 is 1.31 bits per heavy atom. The van der Waals surface area contributed by atoms with Crippen LogP contribution in [0, 0.1) is 0 Å². The lowest BCUT2D eigenvalue weighted by molar-refractivity contribution is -0.678. The van der Waals surface area contributed by atoms with Crippen LogP contribution in [0.25, 0.3) is 10.4 Å². The minimum Gasteiger partial charge on any atom is -0.743 e. The summed E-state index contributed by atoms with van der Waals surface area (Å²) in [6, 6.07) is 5.37. The molecular weight excluding hydrogens is 248 g/mol. The van der Waals surface area contributed by atoms with Crippen LogP contribution in [0.15, 0.2) is 36.8 Å². The van der Waals surface area contributed by atoms with Crippen molar-refractivity contribution in [2.45, 2.75) is 5.88 Å². The molecule has 0 aliphatic rings. The maximum absolute atomic E-state index is 10.5. The van der Waals surface area contributed by atoms with Gasteiger partial charge in [0, 0.05) is 23.9 Å². The zero-order chi connectivity index (χ0) is 11.6. The third kappa shape index (κ3) is 2.84. The van der Waals surface area contributed by atoms with Gasteiger partial charge in [-0.05, 0) is 17.6 Å². The largest absolute Gasteiger partial charge is 0.743 e. The summed E-state index contributed by atoms with van der Waals surface area (Å²) < 4.78 is 36.9. The van der Waals surface area contributed by atoms with Crippen LogP contribution in [0.2, 0.25) is 0 Å².